The number of epoxide rings is 2. The zero-order valence-electron chi connectivity index (χ0n) is 14.1. The van der Waals surface area contributed by atoms with E-state index in [1.54, 1.807) is 0 Å². The minimum absolute atomic E-state index is 0.0563. The fraction of sp³-hybridized carbons (Fsp3) is 0.333. The first kappa shape index (κ1) is 16.3. The Balaban J connectivity index is 1.86. The molecule has 3 unspecified atom stereocenters. The van der Waals surface area contributed by atoms with Crippen LogP contribution in [-0.2, 0) is 9.47 Å². The van der Waals surface area contributed by atoms with Crippen LogP contribution in [0.4, 0.5) is 0 Å². The molecule has 0 saturated carbocycles. The lowest BCUT2D eigenvalue weighted by molar-refractivity contribution is 0.131. The van der Waals surface area contributed by atoms with Crippen LogP contribution in [0.1, 0.15) is 24.2 Å². The Kier molecular flexibility index (Phi) is 4.12. The van der Waals surface area contributed by atoms with Gasteiger partial charge in [-0.1, -0.05) is 67.6 Å². The van der Waals surface area contributed by atoms with Crippen molar-refractivity contribution >= 4 is 5.76 Å². The van der Waals surface area contributed by atoms with E-state index < -0.39 is 11.5 Å². The maximum Gasteiger partial charge on any atom is 0.125 e. The number of ether oxygens (including phenoxy) is 2. The summed E-state index contributed by atoms with van der Waals surface area (Å²) >= 11 is 0. The summed E-state index contributed by atoms with van der Waals surface area (Å²) in [5, 5.41) is 22.3. The number of hydrogen-bond acceptors (Lipinski definition) is 4. The second kappa shape index (κ2) is 6.30. The average Bonchev–Trinajstić information content (AvgIpc) is 3.54. The molecule has 2 saturated heterocycles. The van der Waals surface area contributed by atoms with Crippen molar-refractivity contribution in [3.05, 3.63) is 77.4 Å². The first-order valence-corrected chi connectivity index (χ1v) is 8.57. The molecule has 2 aliphatic rings. The van der Waals surface area contributed by atoms with Gasteiger partial charge in [0.1, 0.15) is 11.9 Å². The average molecular weight is 338 g/mol. The fourth-order valence-corrected chi connectivity index (χ4v) is 3.58. The van der Waals surface area contributed by atoms with Crippen molar-refractivity contribution in [2.24, 2.45) is 5.41 Å². The van der Waals surface area contributed by atoms with Gasteiger partial charge in [-0.15, -0.1) is 0 Å². The summed E-state index contributed by atoms with van der Waals surface area (Å²) in [7, 11) is 0. The fourth-order valence-electron chi connectivity index (χ4n) is 3.58. The van der Waals surface area contributed by atoms with Crippen molar-refractivity contribution < 1.29 is 19.7 Å². The molecule has 4 nitrogen and oxygen atoms in total. The number of benzene rings is 2. The van der Waals surface area contributed by atoms with Crippen molar-refractivity contribution in [1.29, 1.82) is 0 Å². The van der Waals surface area contributed by atoms with Gasteiger partial charge in [-0.05, 0) is 5.56 Å². The molecule has 2 aromatic rings. The summed E-state index contributed by atoms with van der Waals surface area (Å²) in [5.74, 6) is 0.102. The van der Waals surface area contributed by atoms with Gasteiger partial charge in [-0.25, -0.2) is 0 Å². The van der Waals surface area contributed by atoms with E-state index >= 15 is 0 Å². The highest BCUT2D eigenvalue weighted by molar-refractivity contribution is 5.65. The van der Waals surface area contributed by atoms with E-state index in [9.17, 15) is 10.2 Å². The molecule has 0 aromatic heterocycles. The molecule has 3 atom stereocenters. The van der Waals surface area contributed by atoms with Gasteiger partial charge in [0.2, 0.25) is 0 Å². The lowest BCUT2D eigenvalue weighted by Gasteiger charge is -2.33. The smallest absolute Gasteiger partial charge is 0.125 e. The van der Waals surface area contributed by atoms with E-state index in [1.165, 1.54) is 0 Å². The highest BCUT2D eigenvalue weighted by Gasteiger charge is 2.58. The largest absolute Gasteiger partial charge is 0.507 e. The van der Waals surface area contributed by atoms with Gasteiger partial charge in [0.05, 0.1) is 30.8 Å². The molecule has 4 rings (SSSR count). The van der Waals surface area contributed by atoms with Gasteiger partial charge in [-0.3, -0.25) is 0 Å². The van der Waals surface area contributed by atoms with Crippen LogP contribution >= 0.6 is 0 Å². The molecule has 2 aromatic carbocycles. The van der Waals surface area contributed by atoms with Crippen molar-refractivity contribution in [3.8, 4) is 0 Å². The second-order valence-electron chi connectivity index (χ2n) is 6.87. The topological polar surface area (TPSA) is 65.5 Å². The highest BCUT2D eigenvalue weighted by Crippen LogP contribution is 2.53. The van der Waals surface area contributed by atoms with E-state index in [-0.39, 0.29) is 18.0 Å². The predicted octanol–water partition coefficient (Wildman–Crippen LogP) is 3.49. The number of aliphatic hydroxyl groups excluding tert-OH is 2. The Bertz CT molecular complexity index is 749. The van der Waals surface area contributed by atoms with E-state index in [0.717, 1.165) is 5.56 Å². The highest BCUT2D eigenvalue weighted by atomic mass is 16.6. The first-order chi connectivity index (χ1) is 12.1. The lowest BCUT2D eigenvalue weighted by Crippen LogP contribution is -2.36. The Morgan fingerprint density at radius 2 is 1.44 bits per heavy atom. The zero-order valence-corrected chi connectivity index (χ0v) is 14.1. The summed E-state index contributed by atoms with van der Waals surface area (Å²) in [4.78, 5) is 0. The standard InChI is InChI=1S/C21H22O4/c1-21(16-12-24-16,17-13-25-17)18(19(22)14-8-4-2-5-9-14)20(23)15-10-6-3-7-11-15/h2-11,16-17,19,22-23H,12-13H2,1H3. The molecule has 2 aliphatic heterocycles. The maximum absolute atomic E-state index is 11.2. The van der Waals surface area contributed by atoms with Crippen molar-refractivity contribution in [3.63, 3.8) is 0 Å². The maximum atomic E-state index is 11.2. The third kappa shape index (κ3) is 2.97. The lowest BCUT2D eigenvalue weighted by atomic mass is 9.71. The monoisotopic (exact) mass is 338 g/mol. The Morgan fingerprint density at radius 3 is 1.92 bits per heavy atom. The molecule has 0 bridgehead atoms. The molecule has 0 radical (unpaired) electrons. The van der Waals surface area contributed by atoms with Crippen molar-refractivity contribution in [2.75, 3.05) is 13.2 Å². The molecular formula is C21H22O4. The number of hydrogen-bond donors (Lipinski definition) is 2. The number of aliphatic hydroxyl groups is 2. The van der Waals surface area contributed by atoms with Crippen LogP contribution in [0.25, 0.3) is 5.76 Å². The van der Waals surface area contributed by atoms with Crippen LogP contribution in [0.3, 0.4) is 0 Å². The van der Waals surface area contributed by atoms with Gasteiger partial charge >= 0.3 is 0 Å². The quantitative estimate of drug-likeness (QED) is 0.625. The third-order valence-corrected chi connectivity index (χ3v) is 5.28. The van der Waals surface area contributed by atoms with Crippen molar-refractivity contribution in [2.45, 2.75) is 25.2 Å². The second-order valence-corrected chi connectivity index (χ2v) is 6.87. The molecule has 130 valence electrons. The molecule has 2 N–H and O–H groups in total. The van der Waals surface area contributed by atoms with E-state index in [0.29, 0.717) is 24.4 Å². The minimum atomic E-state index is -0.931. The van der Waals surface area contributed by atoms with Gasteiger partial charge in [0.15, 0.2) is 0 Å². The Hall–Kier alpha value is -2.14. The van der Waals surface area contributed by atoms with E-state index in [2.05, 4.69) is 0 Å². The van der Waals surface area contributed by atoms with Crippen LogP contribution in [0.2, 0.25) is 0 Å². The Morgan fingerprint density at radius 1 is 0.960 bits per heavy atom. The van der Waals surface area contributed by atoms with Crippen molar-refractivity contribution in [1.82, 2.24) is 0 Å². The summed E-state index contributed by atoms with van der Waals surface area (Å²) in [6, 6.07) is 18.7. The SMILES string of the molecule is CC(C(=C(O)c1ccccc1)C(O)c1ccccc1)(C1CO1)C1CO1. The van der Waals surface area contributed by atoms with Gasteiger partial charge in [0, 0.05) is 11.1 Å². The Labute approximate surface area is 147 Å². The molecule has 4 heteroatoms. The molecule has 2 heterocycles. The van der Waals surface area contributed by atoms with Crippen LogP contribution in [0.5, 0.6) is 0 Å². The van der Waals surface area contributed by atoms with Crippen LogP contribution in [-0.4, -0.2) is 35.6 Å². The van der Waals surface area contributed by atoms with Crippen LogP contribution in [0.15, 0.2) is 66.2 Å². The molecular weight excluding hydrogens is 316 g/mol. The van der Waals surface area contributed by atoms with Gasteiger partial charge in [-0.2, -0.15) is 0 Å². The normalized spacial score (nSPS) is 26.3. The van der Waals surface area contributed by atoms with Gasteiger partial charge in [0.25, 0.3) is 0 Å². The molecule has 0 aliphatic carbocycles. The van der Waals surface area contributed by atoms with Gasteiger partial charge < -0.3 is 19.7 Å². The summed E-state index contributed by atoms with van der Waals surface area (Å²) in [5.41, 5.74) is 1.41. The summed E-state index contributed by atoms with van der Waals surface area (Å²) < 4.78 is 11.2. The van der Waals surface area contributed by atoms with Crippen LogP contribution < -0.4 is 0 Å². The first-order valence-electron chi connectivity index (χ1n) is 8.57. The third-order valence-electron chi connectivity index (χ3n) is 5.28. The minimum Gasteiger partial charge on any atom is -0.507 e. The van der Waals surface area contributed by atoms with E-state index in [1.807, 2.05) is 67.6 Å². The van der Waals surface area contributed by atoms with E-state index in [4.69, 9.17) is 9.47 Å². The molecule has 0 amide bonds. The summed E-state index contributed by atoms with van der Waals surface area (Å²) in [6.45, 7) is 3.25. The predicted molar refractivity (Wildman–Crippen MR) is 95.0 cm³/mol. The number of rotatable bonds is 6. The summed E-state index contributed by atoms with van der Waals surface area (Å²) in [6.07, 6.45) is -1.04. The molecule has 2 fully saturated rings. The zero-order chi connectivity index (χ0) is 17.4. The molecule has 0 spiro atoms. The van der Waals surface area contributed by atoms with Crippen LogP contribution in [0, 0.1) is 5.41 Å². The molecule has 25 heavy (non-hydrogen) atoms.